The molecule has 0 unspecified atom stereocenters. The number of primary amides is 1. The minimum Gasteiger partial charge on any atom is -0.472 e. The summed E-state index contributed by atoms with van der Waals surface area (Å²) < 4.78 is 19.7. The maximum absolute atomic E-state index is 14.6. The first-order chi connectivity index (χ1) is 14.5. The molecule has 0 aromatic carbocycles. The molecule has 30 heavy (non-hydrogen) atoms. The van der Waals surface area contributed by atoms with E-state index in [-0.39, 0.29) is 29.3 Å². The maximum Gasteiger partial charge on any atom is 0.252 e. The Morgan fingerprint density at radius 3 is 2.77 bits per heavy atom. The molecule has 1 amide bonds. The van der Waals surface area contributed by atoms with Crippen molar-refractivity contribution >= 4 is 23.2 Å². The number of halogens is 1. The van der Waals surface area contributed by atoms with E-state index in [1.165, 1.54) is 0 Å². The lowest BCUT2D eigenvalue weighted by Crippen LogP contribution is -2.43. The van der Waals surface area contributed by atoms with Gasteiger partial charge in [0.15, 0.2) is 11.6 Å². The molecule has 8 nitrogen and oxygen atoms in total. The molecule has 4 rings (SSSR count). The molecular formula is C21H23FN6O2. The zero-order valence-corrected chi connectivity index (χ0v) is 16.3. The first kappa shape index (κ1) is 19.8. The fourth-order valence-electron chi connectivity index (χ4n) is 3.60. The molecule has 0 spiro atoms. The van der Waals surface area contributed by atoms with Crippen LogP contribution in [0.15, 0.2) is 47.4 Å². The van der Waals surface area contributed by atoms with Gasteiger partial charge in [-0.2, -0.15) is 0 Å². The van der Waals surface area contributed by atoms with Gasteiger partial charge in [-0.05, 0) is 37.1 Å². The molecule has 0 aliphatic heterocycles. The van der Waals surface area contributed by atoms with Gasteiger partial charge in [0, 0.05) is 29.5 Å². The summed E-state index contributed by atoms with van der Waals surface area (Å²) >= 11 is 0. The normalized spacial score (nSPS) is 18.7. The molecule has 0 radical (unpaired) electrons. The molecule has 1 saturated carbocycles. The number of amides is 1. The topological polar surface area (TPSA) is 132 Å². The van der Waals surface area contributed by atoms with E-state index in [9.17, 15) is 9.18 Å². The number of carbonyl (C=O) groups excluding carboxylic acids is 1. The van der Waals surface area contributed by atoms with E-state index in [0.717, 1.165) is 37.3 Å². The van der Waals surface area contributed by atoms with Crippen molar-refractivity contribution in [3.63, 3.8) is 0 Å². The fraction of sp³-hybridized carbons (Fsp3) is 0.286. The molecule has 9 heteroatoms. The van der Waals surface area contributed by atoms with Crippen LogP contribution in [-0.4, -0.2) is 28.0 Å². The van der Waals surface area contributed by atoms with Gasteiger partial charge in [-0.3, -0.25) is 9.78 Å². The molecule has 3 heterocycles. The van der Waals surface area contributed by atoms with Crippen LogP contribution in [0.2, 0.25) is 0 Å². The zero-order valence-electron chi connectivity index (χ0n) is 16.3. The van der Waals surface area contributed by atoms with Gasteiger partial charge in [-0.15, -0.1) is 0 Å². The van der Waals surface area contributed by atoms with Crippen LogP contribution in [0.5, 0.6) is 0 Å². The second-order valence-corrected chi connectivity index (χ2v) is 7.35. The van der Waals surface area contributed by atoms with Gasteiger partial charge in [0.1, 0.15) is 5.82 Å². The molecular weight excluding hydrogens is 387 g/mol. The standard InChI is InChI=1S/C21H23FN6O2/c22-15-10-14(19(24)29)20(28-21(15)27-17-4-2-1-3-16(17)23)26-13-5-7-25-18(9-13)12-6-8-30-11-12/h5-11,16-17H,1-4,23H2,(H2,24,29)(H2,25,26,27,28)/t16-,17+/m0/s1. The maximum atomic E-state index is 14.6. The fourth-order valence-corrected chi connectivity index (χ4v) is 3.60. The molecule has 0 bridgehead atoms. The van der Waals surface area contributed by atoms with Crippen molar-refractivity contribution in [2.45, 2.75) is 37.8 Å². The molecule has 156 valence electrons. The monoisotopic (exact) mass is 410 g/mol. The highest BCUT2D eigenvalue weighted by Gasteiger charge is 2.24. The highest BCUT2D eigenvalue weighted by atomic mass is 19.1. The van der Waals surface area contributed by atoms with Gasteiger partial charge in [0.25, 0.3) is 5.91 Å². The van der Waals surface area contributed by atoms with Crippen LogP contribution in [0.4, 0.5) is 21.7 Å². The molecule has 3 aromatic heterocycles. The largest absolute Gasteiger partial charge is 0.472 e. The van der Waals surface area contributed by atoms with Crippen molar-refractivity contribution in [1.29, 1.82) is 0 Å². The molecule has 1 aliphatic rings. The lowest BCUT2D eigenvalue weighted by atomic mass is 9.91. The summed E-state index contributed by atoms with van der Waals surface area (Å²) in [5.74, 6) is -1.25. The van der Waals surface area contributed by atoms with E-state index < -0.39 is 11.7 Å². The molecule has 2 atom stereocenters. The summed E-state index contributed by atoms with van der Waals surface area (Å²) in [6.07, 6.45) is 8.52. The Hall–Kier alpha value is -3.46. The SMILES string of the molecule is NC(=O)c1cc(F)c(N[C@@H]2CCCC[C@@H]2N)nc1Nc1ccnc(-c2ccoc2)c1. The first-order valence-corrected chi connectivity index (χ1v) is 9.79. The van der Waals surface area contributed by atoms with E-state index in [1.54, 1.807) is 36.9 Å². The summed E-state index contributed by atoms with van der Waals surface area (Å²) in [5.41, 5.74) is 13.6. The highest BCUT2D eigenvalue weighted by Crippen LogP contribution is 2.28. The Bertz CT molecular complexity index is 1040. The first-order valence-electron chi connectivity index (χ1n) is 9.79. The van der Waals surface area contributed by atoms with Gasteiger partial charge in [0.2, 0.25) is 0 Å². The summed E-state index contributed by atoms with van der Waals surface area (Å²) in [6, 6.07) is 6.19. The van der Waals surface area contributed by atoms with Crippen molar-refractivity contribution in [2.24, 2.45) is 11.5 Å². The Morgan fingerprint density at radius 1 is 1.20 bits per heavy atom. The Labute approximate surface area is 172 Å². The minimum absolute atomic E-state index is 0.0361. The summed E-state index contributed by atoms with van der Waals surface area (Å²) in [6.45, 7) is 0. The molecule has 3 aromatic rings. The number of carbonyl (C=O) groups is 1. The van der Waals surface area contributed by atoms with Crippen LogP contribution >= 0.6 is 0 Å². The van der Waals surface area contributed by atoms with Crippen LogP contribution in [0.3, 0.4) is 0 Å². The molecule has 6 N–H and O–H groups in total. The minimum atomic E-state index is -0.783. The number of pyridine rings is 2. The van der Waals surface area contributed by atoms with Gasteiger partial charge in [0.05, 0.1) is 23.8 Å². The van der Waals surface area contributed by atoms with Crippen LogP contribution in [-0.2, 0) is 0 Å². The summed E-state index contributed by atoms with van der Waals surface area (Å²) in [5, 5.41) is 6.15. The van der Waals surface area contributed by atoms with Crippen LogP contribution in [0.1, 0.15) is 36.0 Å². The van der Waals surface area contributed by atoms with Crippen molar-refractivity contribution in [2.75, 3.05) is 10.6 Å². The van der Waals surface area contributed by atoms with Gasteiger partial charge >= 0.3 is 0 Å². The third-order valence-corrected chi connectivity index (χ3v) is 5.22. The van der Waals surface area contributed by atoms with Crippen molar-refractivity contribution in [3.05, 3.63) is 54.4 Å². The van der Waals surface area contributed by atoms with Crippen molar-refractivity contribution in [1.82, 2.24) is 9.97 Å². The Kier molecular flexibility index (Phi) is 5.62. The van der Waals surface area contributed by atoms with Crippen molar-refractivity contribution < 1.29 is 13.6 Å². The predicted molar refractivity (Wildman–Crippen MR) is 112 cm³/mol. The van der Waals surface area contributed by atoms with Gasteiger partial charge in [-0.25, -0.2) is 9.37 Å². The number of nitrogens with two attached hydrogens (primary N) is 2. The third kappa shape index (κ3) is 4.25. The number of hydrogen-bond acceptors (Lipinski definition) is 7. The Morgan fingerprint density at radius 2 is 2.03 bits per heavy atom. The average molecular weight is 410 g/mol. The summed E-state index contributed by atoms with van der Waals surface area (Å²) in [4.78, 5) is 20.5. The number of furan rings is 1. The zero-order chi connectivity index (χ0) is 21.1. The lowest BCUT2D eigenvalue weighted by Gasteiger charge is -2.30. The second kappa shape index (κ2) is 8.50. The van der Waals surface area contributed by atoms with E-state index in [0.29, 0.717) is 11.4 Å². The van der Waals surface area contributed by atoms with Crippen LogP contribution in [0, 0.1) is 5.82 Å². The van der Waals surface area contributed by atoms with E-state index in [1.807, 2.05) is 0 Å². The predicted octanol–water partition coefficient (Wildman–Crippen LogP) is 3.40. The smallest absolute Gasteiger partial charge is 0.252 e. The average Bonchev–Trinajstić information content (AvgIpc) is 3.27. The van der Waals surface area contributed by atoms with E-state index >= 15 is 0 Å². The lowest BCUT2D eigenvalue weighted by molar-refractivity contribution is 0.100. The summed E-state index contributed by atoms with van der Waals surface area (Å²) in [7, 11) is 0. The third-order valence-electron chi connectivity index (χ3n) is 5.22. The number of anilines is 3. The molecule has 1 fully saturated rings. The number of nitrogens with zero attached hydrogens (tertiary/aromatic N) is 2. The van der Waals surface area contributed by atoms with Crippen LogP contribution < -0.4 is 22.1 Å². The number of rotatable bonds is 6. The highest BCUT2D eigenvalue weighted by molar-refractivity contribution is 5.98. The Balaban J connectivity index is 1.64. The van der Waals surface area contributed by atoms with Gasteiger partial charge < -0.3 is 26.5 Å². The number of hydrogen-bond donors (Lipinski definition) is 4. The van der Waals surface area contributed by atoms with Crippen molar-refractivity contribution in [3.8, 4) is 11.3 Å². The van der Waals surface area contributed by atoms with Gasteiger partial charge in [-0.1, -0.05) is 12.8 Å². The van der Waals surface area contributed by atoms with Crippen LogP contribution in [0.25, 0.3) is 11.3 Å². The number of aromatic nitrogens is 2. The molecule has 0 saturated heterocycles. The second-order valence-electron chi connectivity index (χ2n) is 7.35. The molecule has 1 aliphatic carbocycles. The quantitative estimate of drug-likeness (QED) is 0.489. The van der Waals surface area contributed by atoms with E-state index in [4.69, 9.17) is 15.9 Å². The number of nitrogens with one attached hydrogen (secondary N) is 2. The van der Waals surface area contributed by atoms with E-state index in [2.05, 4.69) is 20.6 Å².